The van der Waals surface area contributed by atoms with Crippen molar-refractivity contribution in [2.75, 3.05) is 0 Å². The zero-order chi connectivity index (χ0) is 20.9. The van der Waals surface area contributed by atoms with Gasteiger partial charge < -0.3 is 0 Å². The lowest BCUT2D eigenvalue weighted by Crippen LogP contribution is -2.46. The van der Waals surface area contributed by atoms with Gasteiger partial charge >= 0.3 is 0 Å². The Hall–Kier alpha value is 0. The van der Waals surface area contributed by atoms with E-state index in [2.05, 4.69) is 13.8 Å². The summed E-state index contributed by atoms with van der Waals surface area (Å²) in [6, 6.07) is 0. The summed E-state index contributed by atoms with van der Waals surface area (Å²) in [6.07, 6.45) is 34.1. The van der Waals surface area contributed by atoms with E-state index in [1.807, 2.05) is 0 Å². The molecule has 0 heteroatoms. The van der Waals surface area contributed by atoms with Crippen LogP contribution in [-0.2, 0) is 0 Å². The molecule has 0 aromatic heterocycles. The van der Waals surface area contributed by atoms with E-state index in [1.165, 1.54) is 44.9 Å². The van der Waals surface area contributed by atoms with Gasteiger partial charge in [-0.2, -0.15) is 0 Å². The molecule has 0 heterocycles. The van der Waals surface area contributed by atoms with Crippen LogP contribution in [-0.4, -0.2) is 0 Å². The summed E-state index contributed by atoms with van der Waals surface area (Å²) in [5.74, 6) is 4.40. The van der Waals surface area contributed by atoms with Crippen LogP contribution in [0.15, 0.2) is 0 Å². The smallest absolute Gasteiger partial charge is 0.0269 e. The van der Waals surface area contributed by atoms with Gasteiger partial charge in [0.15, 0.2) is 0 Å². The first-order valence-electron chi connectivity index (χ1n) is 14.7. The van der Waals surface area contributed by atoms with E-state index >= 15 is 0 Å². The Kier molecular flexibility index (Phi) is 8.30. The van der Waals surface area contributed by atoms with Gasteiger partial charge in [0.1, 0.15) is 0 Å². The maximum Gasteiger partial charge on any atom is -0.0269 e. The predicted molar refractivity (Wildman–Crippen MR) is 132 cm³/mol. The molecule has 174 valence electrons. The van der Waals surface area contributed by atoms with E-state index in [0.717, 1.165) is 34.5 Å². The summed E-state index contributed by atoms with van der Waals surface area (Å²) in [6.45, 7) is 4.71. The second kappa shape index (κ2) is 10.7. The fraction of sp³-hybridized carbons (Fsp3) is 1.00. The summed E-state index contributed by atoms with van der Waals surface area (Å²) < 4.78 is 0. The van der Waals surface area contributed by atoms with Crippen LogP contribution in [0.4, 0.5) is 0 Å². The Labute approximate surface area is 189 Å². The van der Waals surface area contributed by atoms with E-state index < -0.39 is 0 Å². The molecule has 30 heavy (non-hydrogen) atoms. The molecular formula is C30H54. The van der Waals surface area contributed by atoms with Crippen LogP contribution in [0.2, 0.25) is 0 Å². The van der Waals surface area contributed by atoms with E-state index in [9.17, 15) is 0 Å². The number of rotatable bonds is 10. The van der Waals surface area contributed by atoms with Crippen LogP contribution in [0.1, 0.15) is 155 Å². The summed E-state index contributed by atoms with van der Waals surface area (Å²) in [7, 11) is 0. The number of hydrogen-bond donors (Lipinski definition) is 0. The van der Waals surface area contributed by atoms with Gasteiger partial charge in [-0.3, -0.25) is 0 Å². The highest BCUT2D eigenvalue weighted by atomic mass is 14.6. The van der Waals surface area contributed by atoms with Crippen molar-refractivity contribution in [2.24, 2.45) is 34.5 Å². The molecule has 0 unspecified atom stereocenters. The van der Waals surface area contributed by atoms with Gasteiger partial charge in [-0.15, -0.1) is 0 Å². The van der Waals surface area contributed by atoms with Gasteiger partial charge in [0, 0.05) is 0 Å². The van der Waals surface area contributed by atoms with Crippen LogP contribution >= 0.6 is 0 Å². The minimum atomic E-state index is 0.795. The van der Waals surface area contributed by atoms with Gasteiger partial charge in [-0.25, -0.2) is 0 Å². The van der Waals surface area contributed by atoms with Crippen molar-refractivity contribution in [3.05, 3.63) is 0 Å². The Morgan fingerprint density at radius 2 is 1.13 bits per heavy atom. The van der Waals surface area contributed by atoms with Crippen molar-refractivity contribution in [3.8, 4) is 0 Å². The summed E-state index contributed by atoms with van der Waals surface area (Å²) in [5.41, 5.74) is 1.59. The largest absolute Gasteiger partial charge is 0.0654 e. The first-order chi connectivity index (χ1) is 14.7. The van der Waals surface area contributed by atoms with Crippen LogP contribution in [0.3, 0.4) is 0 Å². The average Bonchev–Trinajstić information content (AvgIpc) is 2.82. The van der Waals surface area contributed by atoms with Crippen LogP contribution < -0.4 is 0 Å². The number of fused-ring (bicyclic) bond motifs is 3. The molecule has 0 amide bonds. The highest BCUT2D eigenvalue weighted by molar-refractivity contribution is 5.03. The number of unbranched alkanes of at least 4 members (excludes halogenated alkanes) is 4. The van der Waals surface area contributed by atoms with Crippen molar-refractivity contribution < 1.29 is 0 Å². The molecule has 0 nitrogen and oxygen atoms in total. The average molecular weight is 415 g/mol. The lowest BCUT2D eigenvalue weighted by atomic mass is 9.47. The zero-order valence-corrected chi connectivity index (χ0v) is 20.9. The molecule has 5 saturated carbocycles. The van der Waals surface area contributed by atoms with Crippen molar-refractivity contribution in [3.63, 3.8) is 0 Å². The lowest BCUT2D eigenvalue weighted by Gasteiger charge is -2.58. The van der Waals surface area contributed by atoms with E-state index in [1.54, 1.807) is 96.3 Å². The van der Waals surface area contributed by atoms with Crippen molar-refractivity contribution in [1.82, 2.24) is 0 Å². The minimum Gasteiger partial charge on any atom is -0.0654 e. The van der Waals surface area contributed by atoms with Gasteiger partial charge in [0.2, 0.25) is 0 Å². The summed E-state index contributed by atoms with van der Waals surface area (Å²) >= 11 is 0. The lowest BCUT2D eigenvalue weighted by molar-refractivity contribution is -0.0680. The molecule has 0 saturated heterocycles. The number of hydrogen-bond acceptors (Lipinski definition) is 0. The van der Waals surface area contributed by atoms with E-state index in [-0.39, 0.29) is 0 Å². The Morgan fingerprint density at radius 1 is 0.567 bits per heavy atom. The quantitative estimate of drug-likeness (QED) is 0.312. The molecule has 5 aliphatic rings. The molecular weight excluding hydrogens is 360 g/mol. The fourth-order valence-electron chi connectivity index (χ4n) is 8.85. The van der Waals surface area contributed by atoms with Crippen LogP contribution in [0.25, 0.3) is 0 Å². The first kappa shape index (κ1) is 23.2. The highest BCUT2D eigenvalue weighted by Crippen LogP contribution is 2.63. The second-order valence-electron chi connectivity index (χ2n) is 12.7. The van der Waals surface area contributed by atoms with Crippen molar-refractivity contribution >= 4 is 0 Å². The predicted octanol–water partition coefficient (Wildman–Crippen LogP) is 10.1. The topological polar surface area (TPSA) is 0 Å². The molecule has 0 N–H and O–H groups in total. The van der Waals surface area contributed by atoms with E-state index in [0.29, 0.717) is 0 Å². The molecule has 2 bridgehead atoms. The minimum absolute atomic E-state index is 0.795. The fourth-order valence-corrected chi connectivity index (χ4v) is 8.85. The van der Waals surface area contributed by atoms with Crippen molar-refractivity contribution in [1.29, 1.82) is 0 Å². The SMILES string of the molecule is CCCCCCC12CCC(C3CCC(C4CCC(CCCC)CC4)CC3)(CC1)CC2. The maximum absolute atomic E-state index is 2.36. The Morgan fingerprint density at radius 3 is 1.70 bits per heavy atom. The summed E-state index contributed by atoms with van der Waals surface area (Å²) in [5, 5.41) is 0. The molecule has 5 fully saturated rings. The third-order valence-corrected chi connectivity index (χ3v) is 11.2. The zero-order valence-electron chi connectivity index (χ0n) is 20.9. The third kappa shape index (κ3) is 5.31. The van der Waals surface area contributed by atoms with Gasteiger partial charge in [-0.1, -0.05) is 71.6 Å². The van der Waals surface area contributed by atoms with Crippen molar-refractivity contribution in [2.45, 2.75) is 155 Å². The molecule has 0 aliphatic heterocycles. The molecule has 5 rings (SSSR count). The van der Waals surface area contributed by atoms with Crippen LogP contribution in [0, 0.1) is 34.5 Å². The standard InChI is InChI=1S/C30H54/c1-3-5-7-8-18-29-19-22-30(23-20-29,24-21-29)28-16-14-27(15-17-28)26-12-10-25(11-13-26)9-6-4-2/h25-28H,3-24H2,1-2H3. The Bertz CT molecular complexity index is 464. The maximum atomic E-state index is 2.36. The van der Waals surface area contributed by atoms with Gasteiger partial charge in [-0.05, 0) is 118 Å². The monoisotopic (exact) mass is 414 g/mol. The molecule has 0 aromatic rings. The molecule has 0 atom stereocenters. The normalized spacial score (nSPS) is 41.8. The molecule has 0 radical (unpaired) electrons. The summed E-state index contributed by atoms with van der Waals surface area (Å²) in [4.78, 5) is 0. The van der Waals surface area contributed by atoms with Gasteiger partial charge in [0.25, 0.3) is 0 Å². The molecule has 0 spiro atoms. The van der Waals surface area contributed by atoms with Gasteiger partial charge in [0.05, 0.1) is 0 Å². The van der Waals surface area contributed by atoms with Crippen LogP contribution in [0.5, 0.6) is 0 Å². The Balaban J connectivity index is 1.19. The van der Waals surface area contributed by atoms with E-state index in [4.69, 9.17) is 0 Å². The first-order valence-corrected chi connectivity index (χ1v) is 14.7. The highest BCUT2D eigenvalue weighted by Gasteiger charge is 2.51. The third-order valence-electron chi connectivity index (χ3n) is 11.2. The second-order valence-corrected chi connectivity index (χ2v) is 12.7. The molecule has 0 aromatic carbocycles. The molecule has 5 aliphatic carbocycles.